The molecule has 0 saturated heterocycles. The van der Waals surface area contributed by atoms with Crippen molar-refractivity contribution in [1.29, 1.82) is 0 Å². The first-order valence-corrected chi connectivity index (χ1v) is 8.16. The highest BCUT2D eigenvalue weighted by Gasteiger charge is 2.11. The van der Waals surface area contributed by atoms with Crippen LogP contribution in [-0.2, 0) is 10.2 Å². The average Bonchev–Trinajstić information content (AvgIpc) is 2.46. The Hall–Kier alpha value is -1.57. The molecule has 0 saturated carbocycles. The highest BCUT2D eigenvalue weighted by atomic mass is 32.2. The van der Waals surface area contributed by atoms with Crippen molar-refractivity contribution < 1.29 is 17.9 Å². The van der Waals surface area contributed by atoms with E-state index in [4.69, 9.17) is 9.47 Å². The van der Waals surface area contributed by atoms with E-state index in [1.807, 2.05) is 30.4 Å². The maximum atomic E-state index is 11.5. The molecule has 0 bridgehead atoms. The molecule has 116 valence electrons. The normalized spacial score (nSPS) is 14.8. The summed E-state index contributed by atoms with van der Waals surface area (Å²) in [6, 6.07) is 5.73. The zero-order valence-corrected chi connectivity index (χ0v) is 13.0. The van der Waals surface area contributed by atoms with Crippen molar-refractivity contribution in [2.75, 3.05) is 33.9 Å². The number of nitrogens with zero attached hydrogens (tertiary/aromatic N) is 1. The van der Waals surface area contributed by atoms with E-state index in [1.165, 1.54) is 14.1 Å². The molecule has 1 aromatic rings. The number of hydrogen-bond acceptors (Lipinski definition) is 4. The fourth-order valence-electron chi connectivity index (χ4n) is 1.78. The molecule has 0 aromatic heterocycles. The van der Waals surface area contributed by atoms with Crippen LogP contribution >= 0.6 is 0 Å². The van der Waals surface area contributed by atoms with Crippen molar-refractivity contribution in [2.24, 2.45) is 0 Å². The number of benzene rings is 1. The monoisotopic (exact) mass is 312 g/mol. The van der Waals surface area contributed by atoms with Crippen molar-refractivity contribution in [1.82, 2.24) is 9.03 Å². The van der Waals surface area contributed by atoms with E-state index in [2.05, 4.69) is 4.72 Å². The first-order chi connectivity index (χ1) is 9.99. The quantitative estimate of drug-likeness (QED) is 0.803. The highest BCUT2D eigenvalue weighted by Crippen LogP contribution is 2.31. The van der Waals surface area contributed by atoms with Crippen LogP contribution in [0.2, 0.25) is 0 Å². The third kappa shape index (κ3) is 4.45. The molecule has 1 aliphatic heterocycles. The molecule has 1 heterocycles. The first-order valence-electron chi connectivity index (χ1n) is 6.72. The van der Waals surface area contributed by atoms with Crippen molar-refractivity contribution in [3.05, 3.63) is 29.8 Å². The second-order valence-electron chi connectivity index (χ2n) is 4.78. The van der Waals surface area contributed by atoms with Crippen LogP contribution in [0.15, 0.2) is 24.3 Å². The summed E-state index contributed by atoms with van der Waals surface area (Å²) in [6.07, 6.45) is 4.47. The van der Waals surface area contributed by atoms with Crippen LogP contribution in [0.3, 0.4) is 0 Å². The van der Waals surface area contributed by atoms with Crippen LogP contribution in [0.5, 0.6) is 11.5 Å². The van der Waals surface area contributed by atoms with Crippen LogP contribution < -0.4 is 14.2 Å². The molecule has 0 spiro atoms. The molecular weight excluding hydrogens is 292 g/mol. The number of hydrogen-bond donors (Lipinski definition) is 1. The van der Waals surface area contributed by atoms with Gasteiger partial charge in [0.1, 0.15) is 13.2 Å². The summed E-state index contributed by atoms with van der Waals surface area (Å²) in [5.74, 6) is 1.51. The standard InChI is InChI=1S/C14H20N2O4S/c1-16(2)21(17,18)15-8-4-3-5-12-6-7-13-14(11-12)20-10-9-19-13/h3,5-7,11,15H,4,8-10H2,1-2H3/b5-3+. The Bertz CT molecular complexity index is 611. The lowest BCUT2D eigenvalue weighted by Crippen LogP contribution is -2.35. The lowest BCUT2D eigenvalue weighted by atomic mass is 10.1. The van der Waals surface area contributed by atoms with Crippen LogP contribution in [0.4, 0.5) is 0 Å². The molecular formula is C14H20N2O4S. The van der Waals surface area contributed by atoms with E-state index in [0.717, 1.165) is 21.4 Å². The fraction of sp³-hybridized carbons (Fsp3) is 0.429. The van der Waals surface area contributed by atoms with Gasteiger partial charge in [-0.05, 0) is 24.1 Å². The topological polar surface area (TPSA) is 67.9 Å². The molecule has 0 unspecified atom stereocenters. The number of rotatable bonds is 6. The van der Waals surface area contributed by atoms with Gasteiger partial charge in [0.15, 0.2) is 11.5 Å². The lowest BCUT2D eigenvalue weighted by Gasteiger charge is -2.18. The molecule has 1 aromatic carbocycles. The predicted molar refractivity (Wildman–Crippen MR) is 81.7 cm³/mol. The number of fused-ring (bicyclic) bond motifs is 1. The lowest BCUT2D eigenvalue weighted by molar-refractivity contribution is 0.171. The molecule has 0 atom stereocenters. The van der Waals surface area contributed by atoms with E-state index in [1.54, 1.807) is 0 Å². The van der Waals surface area contributed by atoms with E-state index in [0.29, 0.717) is 26.2 Å². The molecule has 0 fully saturated rings. The van der Waals surface area contributed by atoms with Crippen LogP contribution in [0, 0.1) is 0 Å². The molecule has 6 nitrogen and oxygen atoms in total. The van der Waals surface area contributed by atoms with Gasteiger partial charge in [-0.15, -0.1) is 0 Å². The Kier molecular flexibility index (Phi) is 5.22. The average molecular weight is 312 g/mol. The van der Waals surface area contributed by atoms with Gasteiger partial charge in [0.05, 0.1) is 0 Å². The van der Waals surface area contributed by atoms with Crippen LogP contribution in [0.1, 0.15) is 12.0 Å². The maximum absolute atomic E-state index is 11.5. The molecule has 2 rings (SSSR count). The Balaban J connectivity index is 1.85. The van der Waals surface area contributed by atoms with Gasteiger partial charge in [-0.2, -0.15) is 12.7 Å². The third-order valence-corrected chi connectivity index (χ3v) is 4.48. The minimum atomic E-state index is -3.34. The van der Waals surface area contributed by atoms with Gasteiger partial charge in [0.2, 0.25) is 0 Å². The summed E-state index contributed by atoms with van der Waals surface area (Å²) in [5, 5.41) is 0. The number of nitrogens with one attached hydrogen (secondary N) is 1. The summed E-state index contributed by atoms with van der Waals surface area (Å²) < 4.78 is 37.6. The minimum Gasteiger partial charge on any atom is -0.486 e. The molecule has 1 aliphatic rings. The SMILES string of the molecule is CN(C)S(=O)(=O)NCC/C=C/c1ccc2c(c1)OCCO2. The largest absolute Gasteiger partial charge is 0.486 e. The fourth-order valence-corrected chi connectivity index (χ4v) is 2.42. The Labute approximate surface area is 125 Å². The van der Waals surface area contributed by atoms with Gasteiger partial charge in [-0.3, -0.25) is 0 Å². The van der Waals surface area contributed by atoms with Gasteiger partial charge >= 0.3 is 0 Å². The van der Waals surface area contributed by atoms with Crippen molar-refractivity contribution in [2.45, 2.75) is 6.42 Å². The van der Waals surface area contributed by atoms with Gasteiger partial charge in [-0.25, -0.2) is 4.72 Å². The number of ether oxygens (including phenoxy) is 2. The van der Waals surface area contributed by atoms with E-state index in [9.17, 15) is 8.42 Å². The summed E-state index contributed by atoms with van der Waals surface area (Å²) >= 11 is 0. The third-order valence-electron chi connectivity index (χ3n) is 2.95. The second-order valence-corrected chi connectivity index (χ2v) is 6.75. The summed E-state index contributed by atoms with van der Waals surface area (Å²) in [5.41, 5.74) is 0.995. The Morgan fingerprint density at radius 3 is 2.67 bits per heavy atom. The second kappa shape index (κ2) is 6.93. The molecule has 1 N–H and O–H groups in total. The van der Waals surface area contributed by atoms with Crippen LogP contribution in [0.25, 0.3) is 6.08 Å². The minimum absolute atomic E-state index is 0.363. The summed E-state index contributed by atoms with van der Waals surface area (Å²) in [7, 11) is -0.356. The van der Waals surface area contributed by atoms with Crippen molar-refractivity contribution in [3.63, 3.8) is 0 Å². The van der Waals surface area contributed by atoms with Crippen molar-refractivity contribution >= 4 is 16.3 Å². The zero-order chi connectivity index (χ0) is 15.3. The van der Waals surface area contributed by atoms with Gasteiger partial charge < -0.3 is 9.47 Å². The molecule has 0 aliphatic carbocycles. The molecule has 0 radical (unpaired) electrons. The smallest absolute Gasteiger partial charge is 0.278 e. The van der Waals surface area contributed by atoms with E-state index >= 15 is 0 Å². The molecule has 21 heavy (non-hydrogen) atoms. The van der Waals surface area contributed by atoms with E-state index < -0.39 is 10.2 Å². The van der Waals surface area contributed by atoms with Crippen LogP contribution in [-0.4, -0.2) is 46.6 Å². The zero-order valence-electron chi connectivity index (χ0n) is 12.2. The van der Waals surface area contributed by atoms with Gasteiger partial charge in [0, 0.05) is 20.6 Å². The molecule has 0 amide bonds. The van der Waals surface area contributed by atoms with Crippen molar-refractivity contribution in [3.8, 4) is 11.5 Å². The highest BCUT2D eigenvalue weighted by molar-refractivity contribution is 7.87. The van der Waals surface area contributed by atoms with Gasteiger partial charge in [0.25, 0.3) is 10.2 Å². The predicted octanol–water partition coefficient (Wildman–Crippen LogP) is 1.26. The summed E-state index contributed by atoms with van der Waals surface area (Å²) in [4.78, 5) is 0. The Morgan fingerprint density at radius 2 is 1.95 bits per heavy atom. The molecule has 7 heteroatoms. The first kappa shape index (κ1) is 15.8. The van der Waals surface area contributed by atoms with Gasteiger partial charge in [-0.1, -0.05) is 18.2 Å². The Morgan fingerprint density at radius 1 is 1.24 bits per heavy atom. The summed E-state index contributed by atoms with van der Waals surface area (Å²) in [6.45, 7) is 1.50. The van der Waals surface area contributed by atoms with E-state index in [-0.39, 0.29) is 0 Å². The maximum Gasteiger partial charge on any atom is 0.278 e.